The Labute approximate surface area is 205 Å². The number of aromatic amines is 1. The molecule has 0 spiro atoms. The third-order valence-corrected chi connectivity index (χ3v) is 7.83. The molecule has 1 fully saturated rings. The zero-order valence-electron chi connectivity index (χ0n) is 20.3. The fraction of sp³-hybridized carbons (Fsp3) is 0.462. The first kappa shape index (κ1) is 23.1. The molecule has 0 aromatic carbocycles. The standard InChI is InChI=1S/C26H34N6OS/c1-18(2)29-26(33)32-8-6-19(7-9-32)23-16-28-25-22(23)14-20(15-27-25)24-5-4-21(34-24)17-31-12-10-30(3)11-13-31/h4-6,14-16,18H,7-13,17H2,1-3H3,(H,27,28)(H,29,33). The molecule has 2 amide bonds. The smallest absolute Gasteiger partial charge is 0.317 e. The van der Waals surface area contributed by atoms with E-state index in [1.54, 1.807) is 0 Å². The highest BCUT2D eigenvalue weighted by Crippen LogP contribution is 2.34. The molecule has 0 radical (unpaired) electrons. The Morgan fingerprint density at radius 2 is 2.03 bits per heavy atom. The summed E-state index contributed by atoms with van der Waals surface area (Å²) < 4.78 is 0. The number of H-pyrrole nitrogens is 1. The number of rotatable bonds is 5. The van der Waals surface area contributed by atoms with E-state index >= 15 is 0 Å². The van der Waals surface area contributed by atoms with Crippen molar-refractivity contribution in [1.29, 1.82) is 0 Å². The van der Waals surface area contributed by atoms with E-state index in [0.29, 0.717) is 6.54 Å². The highest BCUT2D eigenvalue weighted by atomic mass is 32.1. The van der Waals surface area contributed by atoms with Crippen molar-refractivity contribution in [3.05, 3.63) is 47.1 Å². The van der Waals surface area contributed by atoms with Crippen LogP contribution < -0.4 is 5.32 Å². The first-order valence-electron chi connectivity index (χ1n) is 12.2. The number of nitrogens with zero attached hydrogens (tertiary/aromatic N) is 4. The SMILES string of the molecule is CC(C)NC(=O)N1CC=C(c2c[nH]c3ncc(-c4ccc(CN5CCN(C)CC5)s4)cc23)CC1. The number of thiophene rings is 1. The van der Waals surface area contributed by atoms with Gasteiger partial charge in [-0.25, -0.2) is 9.78 Å². The minimum Gasteiger partial charge on any atom is -0.346 e. The summed E-state index contributed by atoms with van der Waals surface area (Å²) in [4.78, 5) is 29.9. The zero-order valence-corrected chi connectivity index (χ0v) is 21.1. The minimum absolute atomic E-state index is 0.0123. The second-order valence-electron chi connectivity index (χ2n) is 9.70. The Morgan fingerprint density at radius 1 is 1.21 bits per heavy atom. The number of amides is 2. The summed E-state index contributed by atoms with van der Waals surface area (Å²) >= 11 is 1.87. The summed E-state index contributed by atoms with van der Waals surface area (Å²) in [5, 5.41) is 4.14. The molecule has 0 aliphatic carbocycles. The van der Waals surface area contributed by atoms with E-state index in [9.17, 15) is 4.79 Å². The average Bonchev–Trinajstić information content (AvgIpc) is 3.47. The molecule has 2 aliphatic heterocycles. The van der Waals surface area contributed by atoms with Crippen LogP contribution in [0.2, 0.25) is 0 Å². The van der Waals surface area contributed by atoms with Crippen molar-refractivity contribution in [2.45, 2.75) is 32.9 Å². The lowest BCUT2D eigenvalue weighted by Gasteiger charge is -2.31. The number of urea groups is 1. The van der Waals surface area contributed by atoms with Gasteiger partial charge in [-0.05, 0) is 51.1 Å². The lowest BCUT2D eigenvalue weighted by atomic mass is 9.99. The Bertz CT molecular complexity index is 1190. The van der Waals surface area contributed by atoms with E-state index in [4.69, 9.17) is 4.98 Å². The van der Waals surface area contributed by atoms with Gasteiger partial charge in [0.25, 0.3) is 0 Å². The van der Waals surface area contributed by atoms with Crippen LogP contribution in [0.1, 0.15) is 30.7 Å². The number of piperazine rings is 1. The fourth-order valence-electron chi connectivity index (χ4n) is 4.68. The van der Waals surface area contributed by atoms with Crippen molar-refractivity contribution in [3.63, 3.8) is 0 Å². The van der Waals surface area contributed by atoms with Crippen LogP contribution in [-0.4, -0.2) is 83.1 Å². The van der Waals surface area contributed by atoms with Crippen LogP contribution in [-0.2, 0) is 6.54 Å². The molecule has 7 nitrogen and oxygen atoms in total. The van der Waals surface area contributed by atoms with Crippen LogP contribution in [0.25, 0.3) is 27.0 Å². The Hall–Kier alpha value is -2.68. The van der Waals surface area contributed by atoms with Gasteiger partial charge in [0.15, 0.2) is 0 Å². The zero-order chi connectivity index (χ0) is 23.7. The monoisotopic (exact) mass is 478 g/mol. The Balaban J connectivity index is 1.32. The first-order valence-corrected chi connectivity index (χ1v) is 13.0. The highest BCUT2D eigenvalue weighted by molar-refractivity contribution is 7.15. The van der Waals surface area contributed by atoms with Crippen LogP contribution in [0.3, 0.4) is 0 Å². The molecule has 8 heteroatoms. The predicted molar refractivity (Wildman–Crippen MR) is 140 cm³/mol. The normalized spacial score (nSPS) is 18.0. The first-order chi connectivity index (χ1) is 16.5. The second-order valence-corrected chi connectivity index (χ2v) is 10.9. The van der Waals surface area contributed by atoms with E-state index in [0.717, 1.165) is 62.3 Å². The summed E-state index contributed by atoms with van der Waals surface area (Å²) in [5.74, 6) is 0. The highest BCUT2D eigenvalue weighted by Gasteiger charge is 2.20. The van der Waals surface area contributed by atoms with Crippen molar-refractivity contribution in [3.8, 4) is 10.4 Å². The molecule has 0 saturated carbocycles. The van der Waals surface area contributed by atoms with Gasteiger partial charge in [-0.3, -0.25) is 4.90 Å². The third kappa shape index (κ3) is 5.04. The topological polar surface area (TPSA) is 67.5 Å². The van der Waals surface area contributed by atoms with Gasteiger partial charge in [-0.15, -0.1) is 11.3 Å². The molecule has 2 N–H and O–H groups in total. The van der Waals surface area contributed by atoms with Crippen molar-refractivity contribution in [1.82, 2.24) is 30.0 Å². The van der Waals surface area contributed by atoms with Gasteiger partial charge in [0.1, 0.15) is 5.65 Å². The van der Waals surface area contributed by atoms with Crippen LogP contribution in [0.15, 0.2) is 36.7 Å². The minimum atomic E-state index is 0.0123. The molecular formula is C26H34N6OS. The molecule has 180 valence electrons. The number of hydrogen-bond donors (Lipinski definition) is 2. The Morgan fingerprint density at radius 3 is 2.76 bits per heavy atom. The molecule has 1 saturated heterocycles. The predicted octanol–water partition coefficient (Wildman–Crippen LogP) is 4.25. The Kier molecular flexibility index (Phi) is 6.72. The quantitative estimate of drug-likeness (QED) is 0.576. The fourth-order valence-corrected chi connectivity index (χ4v) is 5.72. The molecule has 2 aliphatic rings. The number of carbonyl (C=O) groups is 1. The number of pyridine rings is 1. The maximum atomic E-state index is 12.3. The lowest BCUT2D eigenvalue weighted by Crippen LogP contribution is -2.44. The van der Waals surface area contributed by atoms with Crippen molar-refractivity contribution in [2.24, 2.45) is 0 Å². The number of carbonyl (C=O) groups excluding carboxylic acids is 1. The van der Waals surface area contributed by atoms with Crippen LogP contribution >= 0.6 is 11.3 Å². The van der Waals surface area contributed by atoms with Crippen LogP contribution in [0, 0.1) is 0 Å². The van der Waals surface area contributed by atoms with Gasteiger partial charge in [-0.1, -0.05) is 6.08 Å². The average molecular weight is 479 g/mol. The number of fused-ring (bicyclic) bond motifs is 1. The summed E-state index contributed by atoms with van der Waals surface area (Å²) in [7, 11) is 2.20. The van der Waals surface area contributed by atoms with E-state index in [1.807, 2.05) is 36.3 Å². The van der Waals surface area contributed by atoms with Crippen LogP contribution in [0.5, 0.6) is 0 Å². The van der Waals surface area contributed by atoms with Gasteiger partial charge in [0.05, 0.1) is 0 Å². The summed E-state index contributed by atoms with van der Waals surface area (Å²) in [5.41, 5.74) is 4.55. The maximum Gasteiger partial charge on any atom is 0.317 e. The molecule has 0 unspecified atom stereocenters. The van der Waals surface area contributed by atoms with Crippen molar-refractivity contribution < 1.29 is 4.79 Å². The molecule has 3 aromatic rings. The number of aromatic nitrogens is 2. The molecule has 0 atom stereocenters. The molecule has 34 heavy (non-hydrogen) atoms. The lowest BCUT2D eigenvalue weighted by molar-refractivity contribution is 0.149. The molecule has 3 aromatic heterocycles. The molecular weight excluding hydrogens is 444 g/mol. The molecule has 0 bridgehead atoms. The van der Waals surface area contributed by atoms with Crippen molar-refractivity contribution in [2.75, 3.05) is 46.3 Å². The largest absolute Gasteiger partial charge is 0.346 e. The van der Waals surface area contributed by atoms with E-state index in [1.165, 1.54) is 20.9 Å². The van der Waals surface area contributed by atoms with E-state index in [2.05, 4.69) is 57.6 Å². The number of hydrogen-bond acceptors (Lipinski definition) is 5. The van der Waals surface area contributed by atoms with Crippen LogP contribution in [0.4, 0.5) is 4.79 Å². The maximum absolute atomic E-state index is 12.3. The number of nitrogens with one attached hydrogen (secondary N) is 2. The van der Waals surface area contributed by atoms with Gasteiger partial charge in [0, 0.05) is 90.5 Å². The summed E-state index contributed by atoms with van der Waals surface area (Å²) in [6.45, 7) is 10.9. The van der Waals surface area contributed by atoms with Gasteiger partial charge < -0.3 is 20.1 Å². The third-order valence-electron chi connectivity index (χ3n) is 6.71. The summed E-state index contributed by atoms with van der Waals surface area (Å²) in [6, 6.07) is 6.92. The molecule has 5 heterocycles. The number of likely N-dealkylation sites (N-methyl/N-ethyl adjacent to an activating group) is 1. The van der Waals surface area contributed by atoms with E-state index < -0.39 is 0 Å². The van der Waals surface area contributed by atoms with Crippen molar-refractivity contribution >= 4 is 34.0 Å². The molecule has 5 rings (SSSR count). The van der Waals surface area contributed by atoms with Gasteiger partial charge >= 0.3 is 6.03 Å². The van der Waals surface area contributed by atoms with Gasteiger partial charge in [-0.2, -0.15) is 0 Å². The second kappa shape index (κ2) is 9.90. The van der Waals surface area contributed by atoms with E-state index in [-0.39, 0.29) is 12.1 Å². The van der Waals surface area contributed by atoms with Gasteiger partial charge in [0.2, 0.25) is 0 Å². The summed E-state index contributed by atoms with van der Waals surface area (Å²) in [6.07, 6.45) is 7.06.